The Hall–Kier alpha value is -4.37. The van der Waals surface area contributed by atoms with Crippen molar-refractivity contribution >= 4 is 39.7 Å². The molecule has 8 nitrogen and oxygen atoms in total. The van der Waals surface area contributed by atoms with Crippen LogP contribution < -0.4 is 10.6 Å². The molecule has 0 fully saturated rings. The van der Waals surface area contributed by atoms with Crippen molar-refractivity contribution in [2.45, 2.75) is 6.92 Å². The molecule has 2 N–H and O–H groups in total. The number of nitro benzene ring substituents is 1. The maximum absolute atomic E-state index is 12.5. The fraction of sp³-hybridized carbons (Fsp3) is 0.0417. The highest BCUT2D eigenvalue weighted by Gasteiger charge is 2.15. The second-order valence-electron chi connectivity index (χ2n) is 7.15. The number of hydrogen-bond donors (Lipinski definition) is 2. The zero-order chi connectivity index (χ0) is 23.4. The summed E-state index contributed by atoms with van der Waals surface area (Å²) in [4.78, 5) is 39.7. The number of nitrogens with zero attached hydrogens (tertiary/aromatic N) is 2. The molecule has 0 aliphatic rings. The van der Waals surface area contributed by atoms with Crippen LogP contribution in [0.3, 0.4) is 0 Å². The molecular weight excluding hydrogens is 440 g/mol. The van der Waals surface area contributed by atoms with Crippen LogP contribution in [0.2, 0.25) is 0 Å². The number of anilines is 2. The van der Waals surface area contributed by atoms with E-state index in [1.165, 1.54) is 29.5 Å². The summed E-state index contributed by atoms with van der Waals surface area (Å²) in [5.41, 5.74) is 3.42. The maximum atomic E-state index is 12.5. The highest BCUT2D eigenvalue weighted by atomic mass is 32.1. The van der Waals surface area contributed by atoms with Crippen molar-refractivity contribution in [2.24, 2.45) is 0 Å². The number of benzene rings is 3. The topological polar surface area (TPSA) is 114 Å². The molecule has 0 unspecified atom stereocenters. The summed E-state index contributed by atoms with van der Waals surface area (Å²) in [6.07, 6.45) is 0. The highest BCUT2D eigenvalue weighted by Crippen LogP contribution is 2.27. The van der Waals surface area contributed by atoms with Gasteiger partial charge >= 0.3 is 0 Å². The van der Waals surface area contributed by atoms with Gasteiger partial charge in [-0.1, -0.05) is 30.3 Å². The summed E-state index contributed by atoms with van der Waals surface area (Å²) in [5.74, 6) is -0.587. The molecule has 4 aromatic rings. The molecule has 2 amide bonds. The standard InChI is InChI=1S/C24H18N4O4S/c1-15-13-18(9-12-21(15)28(31)32)23(30)27-24-26-20(14-33-24)16-7-10-19(11-8-16)25-22(29)17-5-3-2-4-6-17/h2-14H,1H3,(H,25,29)(H,26,27,30). The van der Waals surface area contributed by atoms with Crippen molar-refractivity contribution in [3.63, 3.8) is 0 Å². The summed E-state index contributed by atoms with van der Waals surface area (Å²) < 4.78 is 0. The third-order valence-electron chi connectivity index (χ3n) is 4.85. The Kier molecular flexibility index (Phi) is 6.23. The number of thiazole rings is 1. The summed E-state index contributed by atoms with van der Waals surface area (Å²) in [7, 11) is 0. The molecule has 0 atom stereocenters. The smallest absolute Gasteiger partial charge is 0.272 e. The van der Waals surface area contributed by atoms with Crippen LogP contribution in [0.1, 0.15) is 26.3 Å². The van der Waals surface area contributed by atoms with Gasteiger partial charge in [0.25, 0.3) is 17.5 Å². The molecule has 0 bridgehead atoms. The molecule has 0 saturated carbocycles. The van der Waals surface area contributed by atoms with Crippen molar-refractivity contribution in [2.75, 3.05) is 10.6 Å². The average molecular weight is 458 g/mol. The number of nitrogens with one attached hydrogen (secondary N) is 2. The summed E-state index contributed by atoms with van der Waals surface area (Å²) in [6.45, 7) is 1.59. The minimum Gasteiger partial charge on any atom is -0.322 e. The van der Waals surface area contributed by atoms with E-state index in [0.717, 1.165) is 5.56 Å². The molecule has 0 saturated heterocycles. The van der Waals surface area contributed by atoms with Gasteiger partial charge in [-0.05, 0) is 43.3 Å². The number of aromatic nitrogens is 1. The van der Waals surface area contributed by atoms with Gasteiger partial charge in [0, 0.05) is 39.4 Å². The number of nitro groups is 1. The molecule has 0 aliphatic carbocycles. The first-order valence-corrected chi connectivity index (χ1v) is 10.8. The molecule has 1 heterocycles. The normalized spacial score (nSPS) is 10.5. The summed E-state index contributed by atoms with van der Waals surface area (Å²) in [6, 6.07) is 20.4. The van der Waals surface area contributed by atoms with Crippen LogP contribution >= 0.6 is 11.3 Å². The third kappa shape index (κ3) is 5.10. The number of rotatable bonds is 6. The van der Waals surface area contributed by atoms with E-state index in [4.69, 9.17) is 0 Å². The summed E-state index contributed by atoms with van der Waals surface area (Å²) in [5, 5.41) is 18.7. The number of carbonyl (C=O) groups is 2. The fourth-order valence-corrected chi connectivity index (χ4v) is 3.87. The number of hydrogen-bond acceptors (Lipinski definition) is 6. The Labute approximate surface area is 193 Å². The van der Waals surface area contributed by atoms with Gasteiger partial charge in [-0.3, -0.25) is 25.0 Å². The quantitative estimate of drug-likeness (QED) is 0.291. The lowest BCUT2D eigenvalue weighted by atomic mass is 10.1. The van der Waals surface area contributed by atoms with Crippen molar-refractivity contribution in [1.82, 2.24) is 4.98 Å². The van der Waals surface area contributed by atoms with Crippen LogP contribution in [0.25, 0.3) is 11.3 Å². The minimum absolute atomic E-state index is 0.0357. The maximum Gasteiger partial charge on any atom is 0.272 e. The first-order valence-electron chi connectivity index (χ1n) is 9.89. The molecule has 164 valence electrons. The van der Waals surface area contributed by atoms with Gasteiger partial charge in [0.1, 0.15) is 0 Å². The van der Waals surface area contributed by atoms with Gasteiger partial charge in [0.15, 0.2) is 5.13 Å². The lowest BCUT2D eigenvalue weighted by molar-refractivity contribution is -0.385. The van der Waals surface area contributed by atoms with Gasteiger partial charge in [-0.25, -0.2) is 4.98 Å². The van der Waals surface area contributed by atoms with Crippen LogP contribution in [0.4, 0.5) is 16.5 Å². The predicted octanol–water partition coefficient (Wildman–Crippen LogP) is 5.53. The summed E-state index contributed by atoms with van der Waals surface area (Å²) >= 11 is 1.27. The minimum atomic E-state index is -0.484. The van der Waals surface area contributed by atoms with E-state index in [9.17, 15) is 19.7 Å². The van der Waals surface area contributed by atoms with Gasteiger partial charge in [0.05, 0.1) is 10.6 Å². The lowest BCUT2D eigenvalue weighted by Crippen LogP contribution is -2.12. The monoisotopic (exact) mass is 458 g/mol. The first-order chi connectivity index (χ1) is 15.9. The molecule has 0 radical (unpaired) electrons. The van der Waals surface area contributed by atoms with E-state index < -0.39 is 10.8 Å². The second-order valence-corrected chi connectivity index (χ2v) is 8.01. The van der Waals surface area contributed by atoms with E-state index in [2.05, 4.69) is 15.6 Å². The Morgan fingerprint density at radius 3 is 2.27 bits per heavy atom. The van der Waals surface area contributed by atoms with Gasteiger partial charge in [-0.15, -0.1) is 11.3 Å². The Bertz CT molecular complexity index is 1330. The largest absolute Gasteiger partial charge is 0.322 e. The van der Waals surface area contributed by atoms with Crippen LogP contribution in [-0.4, -0.2) is 21.7 Å². The zero-order valence-corrected chi connectivity index (χ0v) is 18.3. The SMILES string of the molecule is Cc1cc(C(=O)Nc2nc(-c3ccc(NC(=O)c4ccccc4)cc3)cs2)ccc1[N+](=O)[O-]. The second kappa shape index (κ2) is 9.41. The molecule has 0 aliphatic heterocycles. The van der Waals surface area contributed by atoms with E-state index in [0.29, 0.717) is 33.2 Å². The number of aryl methyl sites for hydroxylation is 1. The highest BCUT2D eigenvalue weighted by molar-refractivity contribution is 7.14. The molecule has 0 spiro atoms. The fourth-order valence-electron chi connectivity index (χ4n) is 3.15. The van der Waals surface area contributed by atoms with E-state index in [-0.39, 0.29) is 11.6 Å². The molecule has 9 heteroatoms. The predicted molar refractivity (Wildman–Crippen MR) is 128 cm³/mol. The molecule has 3 aromatic carbocycles. The van der Waals surface area contributed by atoms with E-state index >= 15 is 0 Å². The van der Waals surface area contributed by atoms with Crippen LogP contribution in [-0.2, 0) is 0 Å². The van der Waals surface area contributed by atoms with Crippen molar-refractivity contribution in [1.29, 1.82) is 0 Å². The Balaban J connectivity index is 1.42. The molecule has 33 heavy (non-hydrogen) atoms. The van der Waals surface area contributed by atoms with Crippen molar-refractivity contribution in [3.8, 4) is 11.3 Å². The molecular formula is C24H18N4O4S. The lowest BCUT2D eigenvalue weighted by Gasteiger charge is -2.06. The van der Waals surface area contributed by atoms with Crippen molar-refractivity contribution < 1.29 is 14.5 Å². The number of amides is 2. The van der Waals surface area contributed by atoms with Gasteiger partial charge < -0.3 is 5.32 Å². The zero-order valence-electron chi connectivity index (χ0n) is 17.4. The molecule has 1 aromatic heterocycles. The Morgan fingerprint density at radius 2 is 1.61 bits per heavy atom. The third-order valence-corrected chi connectivity index (χ3v) is 5.61. The van der Waals surface area contributed by atoms with Crippen LogP contribution in [0, 0.1) is 17.0 Å². The Morgan fingerprint density at radius 1 is 0.909 bits per heavy atom. The van der Waals surface area contributed by atoms with Gasteiger partial charge in [-0.2, -0.15) is 0 Å². The van der Waals surface area contributed by atoms with Crippen LogP contribution in [0.15, 0.2) is 78.2 Å². The first kappa shape index (κ1) is 21.8. The van der Waals surface area contributed by atoms with E-state index in [1.807, 2.05) is 23.6 Å². The van der Waals surface area contributed by atoms with Gasteiger partial charge in [0.2, 0.25) is 0 Å². The average Bonchev–Trinajstić information content (AvgIpc) is 3.28. The van der Waals surface area contributed by atoms with Crippen LogP contribution in [0.5, 0.6) is 0 Å². The molecule has 4 rings (SSSR count). The number of carbonyl (C=O) groups excluding carboxylic acids is 2. The van der Waals surface area contributed by atoms with Crippen molar-refractivity contribution in [3.05, 3.63) is 105 Å². The van der Waals surface area contributed by atoms with E-state index in [1.54, 1.807) is 43.3 Å².